The Morgan fingerprint density at radius 1 is 1.17 bits per heavy atom. The van der Waals surface area contributed by atoms with Crippen LogP contribution in [0.25, 0.3) is 11.1 Å². The number of nitrogens with one attached hydrogen (secondary N) is 1. The molecule has 30 heavy (non-hydrogen) atoms. The van der Waals surface area contributed by atoms with Crippen molar-refractivity contribution in [2.24, 2.45) is 0 Å². The second-order valence-electron chi connectivity index (χ2n) is 7.13. The van der Waals surface area contributed by atoms with Gasteiger partial charge in [0.2, 0.25) is 15.9 Å². The Kier molecular flexibility index (Phi) is 5.44. The molecule has 0 unspecified atom stereocenters. The van der Waals surface area contributed by atoms with Gasteiger partial charge in [-0.2, -0.15) is 4.31 Å². The first kappa shape index (κ1) is 20.6. The van der Waals surface area contributed by atoms with Gasteiger partial charge >= 0.3 is 5.76 Å². The van der Waals surface area contributed by atoms with Gasteiger partial charge in [-0.05, 0) is 50.1 Å². The SMILES string of the molecule is C[C@H](C(=O)Nc1ccc(Cl)c(S(=O)(=O)N2CCCC2)c1)n1c(=O)oc2ccccc21. The van der Waals surface area contributed by atoms with Crippen molar-refractivity contribution in [3.63, 3.8) is 0 Å². The van der Waals surface area contributed by atoms with Crippen molar-refractivity contribution in [2.45, 2.75) is 30.7 Å². The fraction of sp³-hybridized carbons (Fsp3) is 0.300. The van der Waals surface area contributed by atoms with E-state index in [2.05, 4.69) is 5.32 Å². The highest BCUT2D eigenvalue weighted by Crippen LogP contribution is 2.30. The number of amides is 1. The van der Waals surface area contributed by atoms with E-state index in [1.165, 1.54) is 27.1 Å². The maximum Gasteiger partial charge on any atom is 0.420 e. The molecule has 158 valence electrons. The highest BCUT2D eigenvalue weighted by Gasteiger charge is 2.30. The molecule has 1 aliphatic heterocycles. The van der Waals surface area contributed by atoms with Crippen LogP contribution in [0.1, 0.15) is 25.8 Å². The van der Waals surface area contributed by atoms with Crippen LogP contribution in [0.2, 0.25) is 5.02 Å². The molecule has 1 fully saturated rings. The number of para-hydroxylation sites is 2. The number of carbonyl (C=O) groups excluding carboxylic acids is 1. The summed E-state index contributed by atoms with van der Waals surface area (Å²) in [5.74, 6) is -1.14. The number of anilines is 1. The quantitative estimate of drug-likeness (QED) is 0.644. The van der Waals surface area contributed by atoms with Crippen LogP contribution < -0.4 is 11.1 Å². The first-order valence-corrected chi connectivity index (χ1v) is 11.3. The van der Waals surface area contributed by atoms with Crippen molar-refractivity contribution in [3.8, 4) is 0 Å². The average Bonchev–Trinajstić information content (AvgIpc) is 3.36. The fourth-order valence-electron chi connectivity index (χ4n) is 3.56. The molecule has 0 spiro atoms. The lowest BCUT2D eigenvalue weighted by molar-refractivity contribution is -0.118. The minimum absolute atomic E-state index is 0.0533. The average molecular weight is 450 g/mol. The summed E-state index contributed by atoms with van der Waals surface area (Å²) < 4.78 is 33.6. The number of oxazole rings is 1. The zero-order valence-electron chi connectivity index (χ0n) is 16.2. The molecule has 0 bridgehead atoms. The van der Waals surface area contributed by atoms with Gasteiger partial charge in [-0.25, -0.2) is 13.2 Å². The molecule has 1 aliphatic rings. The van der Waals surface area contributed by atoms with Gasteiger partial charge in [0.25, 0.3) is 0 Å². The smallest absolute Gasteiger partial charge is 0.408 e. The van der Waals surface area contributed by atoms with Crippen molar-refractivity contribution in [2.75, 3.05) is 18.4 Å². The molecule has 3 aromatic rings. The van der Waals surface area contributed by atoms with E-state index in [1.807, 2.05) is 0 Å². The minimum Gasteiger partial charge on any atom is -0.408 e. The van der Waals surface area contributed by atoms with Gasteiger partial charge in [-0.1, -0.05) is 23.7 Å². The number of hydrogen-bond acceptors (Lipinski definition) is 5. The molecule has 1 saturated heterocycles. The molecule has 1 atom stereocenters. The van der Waals surface area contributed by atoms with E-state index in [0.29, 0.717) is 24.2 Å². The third kappa shape index (κ3) is 3.64. The lowest BCUT2D eigenvalue weighted by Crippen LogP contribution is -2.30. The lowest BCUT2D eigenvalue weighted by Gasteiger charge is -2.18. The maximum absolute atomic E-state index is 12.9. The summed E-state index contributed by atoms with van der Waals surface area (Å²) in [7, 11) is -3.75. The number of carbonyl (C=O) groups is 1. The Morgan fingerprint density at radius 2 is 1.87 bits per heavy atom. The molecule has 1 aromatic heterocycles. The second kappa shape index (κ2) is 7.90. The number of nitrogens with zero attached hydrogens (tertiary/aromatic N) is 2. The number of halogens is 1. The van der Waals surface area contributed by atoms with Crippen LogP contribution in [0.4, 0.5) is 5.69 Å². The summed E-state index contributed by atoms with van der Waals surface area (Å²) in [5, 5.41) is 2.76. The van der Waals surface area contributed by atoms with Crippen molar-refractivity contribution < 1.29 is 17.6 Å². The first-order chi connectivity index (χ1) is 14.3. The van der Waals surface area contributed by atoms with Crippen LogP contribution in [0.3, 0.4) is 0 Å². The molecule has 10 heteroatoms. The summed E-state index contributed by atoms with van der Waals surface area (Å²) in [4.78, 5) is 25.0. The van der Waals surface area contributed by atoms with E-state index in [1.54, 1.807) is 31.2 Å². The van der Waals surface area contributed by atoms with Crippen LogP contribution in [-0.2, 0) is 14.8 Å². The predicted molar refractivity (Wildman–Crippen MR) is 113 cm³/mol. The zero-order valence-corrected chi connectivity index (χ0v) is 17.7. The Morgan fingerprint density at radius 3 is 2.60 bits per heavy atom. The molecular weight excluding hydrogens is 430 g/mol. The Hall–Kier alpha value is -2.62. The van der Waals surface area contributed by atoms with Gasteiger partial charge in [0.05, 0.1) is 10.5 Å². The third-order valence-electron chi connectivity index (χ3n) is 5.17. The zero-order chi connectivity index (χ0) is 21.5. The highest BCUT2D eigenvalue weighted by molar-refractivity contribution is 7.89. The van der Waals surface area contributed by atoms with Gasteiger partial charge in [-0.15, -0.1) is 0 Å². The molecule has 2 aromatic carbocycles. The van der Waals surface area contributed by atoms with Crippen LogP contribution in [0, 0.1) is 0 Å². The predicted octanol–water partition coefficient (Wildman–Crippen LogP) is 3.23. The van der Waals surface area contributed by atoms with Gasteiger partial charge in [0.15, 0.2) is 5.58 Å². The minimum atomic E-state index is -3.75. The van der Waals surface area contributed by atoms with E-state index in [-0.39, 0.29) is 15.6 Å². The van der Waals surface area contributed by atoms with E-state index < -0.39 is 27.7 Å². The first-order valence-electron chi connectivity index (χ1n) is 9.49. The number of fused-ring (bicyclic) bond motifs is 1. The molecule has 8 nitrogen and oxygen atoms in total. The summed E-state index contributed by atoms with van der Waals surface area (Å²) in [6, 6.07) is 10.2. The summed E-state index contributed by atoms with van der Waals surface area (Å²) in [6.07, 6.45) is 1.61. The maximum atomic E-state index is 12.9. The van der Waals surface area contributed by atoms with Crippen molar-refractivity contribution in [3.05, 3.63) is 58.0 Å². The molecular formula is C20H20ClN3O5S. The van der Waals surface area contributed by atoms with E-state index in [9.17, 15) is 18.0 Å². The van der Waals surface area contributed by atoms with Gasteiger partial charge < -0.3 is 9.73 Å². The summed E-state index contributed by atoms with van der Waals surface area (Å²) in [5.41, 5.74) is 1.15. The molecule has 1 amide bonds. The molecule has 2 heterocycles. The molecule has 0 saturated carbocycles. The van der Waals surface area contributed by atoms with Crippen molar-refractivity contribution >= 4 is 44.3 Å². The second-order valence-corrected chi connectivity index (χ2v) is 9.44. The van der Waals surface area contributed by atoms with Crippen LogP contribution in [-0.4, -0.2) is 36.3 Å². The largest absolute Gasteiger partial charge is 0.420 e. The Labute approximate surface area is 178 Å². The van der Waals surface area contributed by atoms with Gasteiger partial charge in [0, 0.05) is 18.8 Å². The summed E-state index contributed by atoms with van der Waals surface area (Å²) in [6.45, 7) is 2.46. The molecule has 1 N–H and O–H groups in total. The van der Waals surface area contributed by atoms with E-state index >= 15 is 0 Å². The number of hydrogen-bond donors (Lipinski definition) is 1. The number of sulfonamides is 1. The van der Waals surface area contributed by atoms with Crippen LogP contribution in [0.5, 0.6) is 0 Å². The number of benzene rings is 2. The van der Waals surface area contributed by atoms with Crippen LogP contribution in [0.15, 0.2) is 56.6 Å². The molecule has 4 rings (SSSR count). The van der Waals surface area contributed by atoms with Crippen molar-refractivity contribution in [1.82, 2.24) is 8.87 Å². The Bertz CT molecular complexity index is 1280. The van der Waals surface area contributed by atoms with Gasteiger partial charge in [0.1, 0.15) is 10.9 Å². The third-order valence-corrected chi connectivity index (χ3v) is 7.55. The Balaban J connectivity index is 1.62. The standard InChI is InChI=1S/C20H20ClN3O5S/c1-13(24-16-6-2-3-7-17(16)29-20(24)26)19(25)22-14-8-9-15(21)18(12-14)30(27,28)23-10-4-5-11-23/h2-3,6-9,12-13H,4-5,10-11H2,1H3,(H,22,25)/t13-/m1/s1. The summed E-state index contributed by atoms with van der Waals surface area (Å²) >= 11 is 6.15. The topological polar surface area (TPSA) is 102 Å². The number of aromatic nitrogens is 1. The van der Waals surface area contributed by atoms with Crippen LogP contribution >= 0.6 is 11.6 Å². The van der Waals surface area contributed by atoms with Gasteiger partial charge in [-0.3, -0.25) is 9.36 Å². The van der Waals surface area contributed by atoms with Crippen molar-refractivity contribution in [1.29, 1.82) is 0 Å². The van der Waals surface area contributed by atoms with E-state index in [4.69, 9.17) is 16.0 Å². The fourth-order valence-corrected chi connectivity index (χ4v) is 5.58. The highest BCUT2D eigenvalue weighted by atomic mass is 35.5. The molecule has 0 radical (unpaired) electrons. The monoisotopic (exact) mass is 449 g/mol. The van der Waals surface area contributed by atoms with E-state index in [0.717, 1.165) is 12.8 Å². The normalized spacial score (nSPS) is 16.1. The molecule has 0 aliphatic carbocycles. The number of rotatable bonds is 5. The lowest BCUT2D eigenvalue weighted by atomic mass is 10.2.